The molecular formula is C14H17BrFN3O3S. The summed E-state index contributed by atoms with van der Waals surface area (Å²) in [6.07, 6.45) is 1.35. The second-order valence-corrected chi connectivity index (χ2v) is 7.15. The highest BCUT2D eigenvalue weighted by atomic mass is 79.9. The highest BCUT2D eigenvalue weighted by Crippen LogP contribution is 2.20. The fourth-order valence-electron chi connectivity index (χ4n) is 2.09. The van der Waals surface area contributed by atoms with Gasteiger partial charge >= 0.3 is 0 Å². The van der Waals surface area contributed by atoms with Crippen LogP contribution in [0.5, 0.6) is 0 Å². The van der Waals surface area contributed by atoms with Crippen LogP contribution in [0.15, 0.2) is 33.8 Å². The van der Waals surface area contributed by atoms with Gasteiger partial charge in [0.1, 0.15) is 22.1 Å². The molecule has 1 aromatic carbocycles. The molecule has 2 aromatic rings. The highest BCUT2D eigenvalue weighted by molar-refractivity contribution is 9.10. The summed E-state index contributed by atoms with van der Waals surface area (Å²) in [5.41, 5.74) is 7.27. The van der Waals surface area contributed by atoms with Gasteiger partial charge in [-0.3, -0.25) is 11.6 Å². The number of aryl methyl sites for hydroxylation is 3. The number of benzene rings is 1. The van der Waals surface area contributed by atoms with Crippen LogP contribution in [0.3, 0.4) is 0 Å². The summed E-state index contributed by atoms with van der Waals surface area (Å²) in [7, 11) is -4.33. The van der Waals surface area contributed by atoms with E-state index in [1.54, 1.807) is 26.0 Å². The first kappa shape index (κ1) is 19.3. The first-order chi connectivity index (χ1) is 10.4. The third-order valence-corrected chi connectivity index (χ3v) is 4.64. The number of pyridine rings is 1. The number of halogens is 2. The molecule has 23 heavy (non-hydrogen) atoms. The van der Waals surface area contributed by atoms with Gasteiger partial charge in [0.05, 0.1) is 15.4 Å². The number of hydrogen-bond donors (Lipinski definition) is 2. The molecule has 1 heterocycles. The number of aromatic nitrogens is 1. The molecule has 0 atom stereocenters. The molecule has 6 nitrogen and oxygen atoms in total. The van der Waals surface area contributed by atoms with Crippen LogP contribution < -0.4 is 16.3 Å². The lowest BCUT2D eigenvalue weighted by Gasteiger charge is -2.14. The molecule has 0 amide bonds. The van der Waals surface area contributed by atoms with E-state index in [0.29, 0.717) is 15.6 Å². The van der Waals surface area contributed by atoms with E-state index in [9.17, 15) is 17.4 Å². The lowest BCUT2D eigenvalue weighted by atomic mass is 10.1. The molecule has 0 saturated heterocycles. The van der Waals surface area contributed by atoms with E-state index in [1.165, 1.54) is 6.20 Å². The van der Waals surface area contributed by atoms with Gasteiger partial charge in [0.25, 0.3) is 5.82 Å². The largest absolute Gasteiger partial charge is 0.744 e. The van der Waals surface area contributed by atoms with Crippen molar-refractivity contribution in [3.05, 3.63) is 51.4 Å². The Hall–Kier alpha value is -1.71. The molecule has 0 unspecified atom stereocenters. The SMILES string of the molecule is Cc1cc(C)c(S(=O)(=O)[O-])c(C)c1.Nc1cc(F)c(Br)c[n+]1N. The van der Waals surface area contributed by atoms with Crippen molar-refractivity contribution in [1.29, 1.82) is 0 Å². The summed E-state index contributed by atoms with van der Waals surface area (Å²) in [5.74, 6) is 5.05. The van der Waals surface area contributed by atoms with Crippen LogP contribution in [0, 0.1) is 26.6 Å². The van der Waals surface area contributed by atoms with E-state index >= 15 is 0 Å². The van der Waals surface area contributed by atoms with E-state index in [-0.39, 0.29) is 10.7 Å². The number of nitrogens with zero attached hydrogens (tertiary/aromatic N) is 1. The van der Waals surface area contributed by atoms with Crippen molar-refractivity contribution in [3.63, 3.8) is 0 Å². The smallest absolute Gasteiger partial charge is 0.298 e. The van der Waals surface area contributed by atoms with Crippen molar-refractivity contribution in [2.24, 2.45) is 0 Å². The maximum absolute atomic E-state index is 12.6. The van der Waals surface area contributed by atoms with Gasteiger partial charge in [-0.2, -0.15) is 0 Å². The van der Waals surface area contributed by atoms with Crippen LogP contribution in [-0.4, -0.2) is 13.0 Å². The van der Waals surface area contributed by atoms with Crippen LogP contribution in [0.1, 0.15) is 16.7 Å². The Bertz CT molecular complexity index is 768. The van der Waals surface area contributed by atoms with E-state index in [4.69, 9.17) is 11.6 Å². The third-order valence-electron chi connectivity index (χ3n) is 2.91. The fourth-order valence-corrected chi connectivity index (χ4v) is 3.33. The van der Waals surface area contributed by atoms with Crippen molar-refractivity contribution in [3.8, 4) is 0 Å². The second-order valence-electron chi connectivity index (χ2n) is 4.98. The molecule has 9 heteroatoms. The molecule has 0 spiro atoms. The number of anilines is 1. The average Bonchev–Trinajstić information content (AvgIpc) is 2.34. The van der Waals surface area contributed by atoms with Crippen LogP contribution in [0.4, 0.5) is 10.2 Å². The molecule has 0 aliphatic heterocycles. The molecule has 0 bridgehead atoms. The summed E-state index contributed by atoms with van der Waals surface area (Å²) in [6.45, 7) is 5.12. The van der Waals surface area contributed by atoms with Crippen LogP contribution in [0.25, 0.3) is 0 Å². The molecule has 2 rings (SSSR count). The minimum Gasteiger partial charge on any atom is -0.744 e. The molecule has 0 aliphatic carbocycles. The van der Waals surface area contributed by atoms with Crippen molar-refractivity contribution in [2.75, 3.05) is 11.6 Å². The summed E-state index contributed by atoms with van der Waals surface area (Å²) in [6, 6.07) is 4.53. The summed E-state index contributed by atoms with van der Waals surface area (Å²) >= 11 is 2.95. The van der Waals surface area contributed by atoms with Crippen LogP contribution in [0.2, 0.25) is 0 Å². The minimum absolute atomic E-state index is 0.0851. The first-order valence-electron chi connectivity index (χ1n) is 6.38. The maximum Gasteiger partial charge on any atom is 0.298 e. The van der Waals surface area contributed by atoms with Gasteiger partial charge in [0.15, 0.2) is 0 Å². The number of rotatable bonds is 1. The Morgan fingerprint density at radius 1 is 1.17 bits per heavy atom. The van der Waals surface area contributed by atoms with Crippen LogP contribution >= 0.6 is 15.9 Å². The number of nitrogens with two attached hydrogens (primary N) is 2. The molecule has 126 valence electrons. The first-order valence-corrected chi connectivity index (χ1v) is 8.58. The standard InChI is InChI=1S/C9H12O3S.C5H5BrFN3/c1-6-4-7(2)9(8(3)5-6)13(10,11)12;6-3-2-10(9)5(8)1-4(3)7/h4-5H,1-3H3,(H,10,11,12);1-2,8H,9H2. The molecule has 0 radical (unpaired) electrons. The number of hydrogen-bond acceptors (Lipinski definition) is 5. The predicted octanol–water partition coefficient (Wildman–Crippen LogP) is 1.69. The average molecular weight is 406 g/mol. The van der Waals surface area contributed by atoms with E-state index in [2.05, 4.69) is 15.9 Å². The topological polar surface area (TPSA) is 113 Å². The monoisotopic (exact) mass is 405 g/mol. The second kappa shape index (κ2) is 7.24. The summed E-state index contributed by atoms with van der Waals surface area (Å²) in [4.78, 5) is -0.0851. The summed E-state index contributed by atoms with van der Waals surface area (Å²) in [5, 5.41) is 0. The van der Waals surface area contributed by atoms with Gasteiger partial charge in [0.2, 0.25) is 0 Å². The number of nitrogen functional groups attached to an aromatic ring is 2. The van der Waals surface area contributed by atoms with E-state index in [1.807, 2.05) is 6.92 Å². The normalized spacial score (nSPS) is 10.9. The van der Waals surface area contributed by atoms with E-state index in [0.717, 1.165) is 16.3 Å². The Morgan fingerprint density at radius 2 is 1.65 bits per heavy atom. The zero-order valence-electron chi connectivity index (χ0n) is 12.8. The highest BCUT2D eigenvalue weighted by Gasteiger charge is 2.09. The Balaban J connectivity index is 0.000000238. The minimum atomic E-state index is -4.33. The molecule has 1 aromatic heterocycles. The van der Waals surface area contributed by atoms with Crippen molar-refractivity contribution in [2.45, 2.75) is 25.7 Å². The van der Waals surface area contributed by atoms with Gasteiger partial charge in [0, 0.05) is 0 Å². The zero-order chi connectivity index (χ0) is 17.9. The van der Waals surface area contributed by atoms with Crippen LogP contribution in [-0.2, 0) is 10.1 Å². The molecule has 0 fully saturated rings. The molecule has 0 aliphatic rings. The van der Waals surface area contributed by atoms with E-state index < -0.39 is 15.9 Å². The lowest BCUT2D eigenvalue weighted by Crippen LogP contribution is -2.46. The molecular weight excluding hydrogens is 389 g/mol. The molecule has 4 N–H and O–H groups in total. The van der Waals surface area contributed by atoms with Gasteiger partial charge < -0.3 is 4.55 Å². The Labute approximate surface area is 142 Å². The zero-order valence-corrected chi connectivity index (χ0v) is 15.2. The molecule has 0 saturated carbocycles. The van der Waals surface area contributed by atoms with Gasteiger partial charge in [-0.1, -0.05) is 17.7 Å². The van der Waals surface area contributed by atoms with Gasteiger partial charge in [-0.15, -0.1) is 4.68 Å². The lowest BCUT2D eigenvalue weighted by molar-refractivity contribution is -0.624. The van der Waals surface area contributed by atoms with Crippen molar-refractivity contribution >= 4 is 31.9 Å². The predicted molar refractivity (Wildman–Crippen MR) is 87.5 cm³/mol. The van der Waals surface area contributed by atoms with Gasteiger partial charge in [-0.25, -0.2) is 12.8 Å². The Kier molecular flexibility index (Phi) is 6.09. The fraction of sp³-hybridized carbons (Fsp3) is 0.214. The third kappa shape index (κ3) is 5.15. The van der Waals surface area contributed by atoms with Gasteiger partial charge in [-0.05, 0) is 47.8 Å². The quantitative estimate of drug-likeness (QED) is 0.425. The summed E-state index contributed by atoms with van der Waals surface area (Å²) < 4.78 is 46.5. The maximum atomic E-state index is 12.6. The van der Waals surface area contributed by atoms with Crippen molar-refractivity contribution < 1.29 is 22.0 Å². The Morgan fingerprint density at radius 3 is 2.04 bits per heavy atom. The van der Waals surface area contributed by atoms with Crippen molar-refractivity contribution in [1.82, 2.24) is 0 Å².